The summed E-state index contributed by atoms with van der Waals surface area (Å²) >= 11 is 0. The Bertz CT molecular complexity index is 699. The summed E-state index contributed by atoms with van der Waals surface area (Å²) in [6, 6.07) is 6.96. The molecule has 1 aromatic heterocycles. The molecule has 1 amide bonds. The zero-order valence-electron chi connectivity index (χ0n) is 14.2. The topological polar surface area (TPSA) is 66.9 Å². The number of amides is 1. The van der Waals surface area contributed by atoms with Crippen molar-refractivity contribution in [3.8, 4) is 0 Å². The van der Waals surface area contributed by atoms with Gasteiger partial charge in [0.1, 0.15) is 17.3 Å². The predicted molar refractivity (Wildman–Crippen MR) is 95.0 cm³/mol. The lowest BCUT2D eigenvalue weighted by molar-refractivity contribution is 0.0922. The van der Waals surface area contributed by atoms with Crippen molar-refractivity contribution < 1.29 is 9.18 Å². The lowest BCUT2D eigenvalue weighted by atomic mass is 9.95. The fraction of sp³-hybridized carbons (Fsp3) is 0.421. The normalized spacial score (nSPS) is 14.9. The van der Waals surface area contributed by atoms with Crippen molar-refractivity contribution in [3.05, 3.63) is 53.7 Å². The maximum atomic E-state index is 13.5. The Balaban J connectivity index is 1.48. The van der Waals surface area contributed by atoms with Crippen molar-refractivity contribution >= 4 is 11.7 Å². The van der Waals surface area contributed by atoms with Crippen LogP contribution in [-0.2, 0) is 6.42 Å². The smallest absolute Gasteiger partial charge is 0.271 e. The first-order valence-electron chi connectivity index (χ1n) is 8.82. The summed E-state index contributed by atoms with van der Waals surface area (Å²) in [5.74, 6) is 0.202. The maximum absolute atomic E-state index is 13.5. The summed E-state index contributed by atoms with van der Waals surface area (Å²) in [4.78, 5) is 20.6. The fourth-order valence-corrected chi connectivity index (χ4v) is 3.07. The number of nitrogens with one attached hydrogen (secondary N) is 2. The first kappa shape index (κ1) is 17.3. The Morgan fingerprint density at radius 2 is 1.92 bits per heavy atom. The Morgan fingerprint density at radius 1 is 1.12 bits per heavy atom. The van der Waals surface area contributed by atoms with E-state index in [0.29, 0.717) is 30.0 Å². The first-order chi connectivity index (χ1) is 12.2. The van der Waals surface area contributed by atoms with Crippen LogP contribution in [0.15, 0.2) is 36.7 Å². The average Bonchev–Trinajstić information content (AvgIpc) is 2.65. The molecule has 0 atom stereocenters. The molecular formula is C19H23FN4O. The van der Waals surface area contributed by atoms with Gasteiger partial charge in [-0.25, -0.2) is 14.4 Å². The fourth-order valence-electron chi connectivity index (χ4n) is 3.07. The number of hydrogen-bond acceptors (Lipinski definition) is 4. The van der Waals surface area contributed by atoms with Gasteiger partial charge in [-0.3, -0.25) is 4.79 Å². The molecule has 132 valence electrons. The standard InChI is InChI=1S/C19H23FN4O/c20-16-9-5-4-6-14(16)10-11-21-18-13-22-17(12-23-18)19(25)24-15-7-2-1-3-8-15/h4-6,9,12-13,15H,1-3,7-8,10-11H2,(H,21,23)(H,24,25). The van der Waals surface area contributed by atoms with Crippen LogP contribution in [-0.4, -0.2) is 28.5 Å². The highest BCUT2D eigenvalue weighted by molar-refractivity contribution is 5.92. The molecule has 0 radical (unpaired) electrons. The second-order valence-electron chi connectivity index (χ2n) is 6.36. The van der Waals surface area contributed by atoms with E-state index >= 15 is 0 Å². The van der Waals surface area contributed by atoms with Crippen molar-refractivity contribution in [2.75, 3.05) is 11.9 Å². The van der Waals surface area contributed by atoms with Crippen LogP contribution in [0.1, 0.15) is 48.2 Å². The number of carbonyl (C=O) groups is 1. The van der Waals surface area contributed by atoms with E-state index in [1.165, 1.54) is 37.7 Å². The molecule has 0 spiro atoms. The van der Waals surface area contributed by atoms with Crippen LogP contribution in [0.3, 0.4) is 0 Å². The highest BCUT2D eigenvalue weighted by atomic mass is 19.1. The molecule has 6 heteroatoms. The third kappa shape index (κ3) is 4.98. The first-order valence-corrected chi connectivity index (χ1v) is 8.82. The lowest BCUT2D eigenvalue weighted by Crippen LogP contribution is -2.36. The van der Waals surface area contributed by atoms with Gasteiger partial charge in [-0.2, -0.15) is 0 Å². The van der Waals surface area contributed by atoms with Crippen molar-refractivity contribution in [1.82, 2.24) is 15.3 Å². The molecule has 1 aromatic carbocycles. The van der Waals surface area contributed by atoms with Gasteiger partial charge in [-0.1, -0.05) is 37.5 Å². The summed E-state index contributed by atoms with van der Waals surface area (Å²) in [7, 11) is 0. The van der Waals surface area contributed by atoms with Crippen molar-refractivity contribution in [3.63, 3.8) is 0 Å². The largest absolute Gasteiger partial charge is 0.368 e. The number of halogens is 1. The van der Waals surface area contributed by atoms with Gasteiger partial charge in [0.15, 0.2) is 0 Å². The van der Waals surface area contributed by atoms with E-state index in [2.05, 4.69) is 20.6 Å². The molecule has 0 bridgehead atoms. The molecule has 0 unspecified atom stereocenters. The lowest BCUT2D eigenvalue weighted by Gasteiger charge is -2.22. The molecule has 0 aliphatic heterocycles. The SMILES string of the molecule is O=C(NC1CCCCC1)c1cnc(NCCc2ccccc2F)cn1. The minimum absolute atomic E-state index is 0.169. The van der Waals surface area contributed by atoms with Crippen LogP contribution in [0.2, 0.25) is 0 Å². The molecule has 2 N–H and O–H groups in total. The quantitative estimate of drug-likeness (QED) is 0.845. The number of carbonyl (C=O) groups excluding carboxylic acids is 1. The molecule has 5 nitrogen and oxygen atoms in total. The van der Waals surface area contributed by atoms with Crippen LogP contribution < -0.4 is 10.6 Å². The highest BCUT2D eigenvalue weighted by Crippen LogP contribution is 2.17. The molecule has 3 rings (SSSR count). The number of aromatic nitrogens is 2. The molecule has 1 aliphatic rings. The number of anilines is 1. The number of nitrogens with zero attached hydrogens (tertiary/aromatic N) is 2. The van der Waals surface area contributed by atoms with Gasteiger partial charge < -0.3 is 10.6 Å². The van der Waals surface area contributed by atoms with Crippen molar-refractivity contribution in [2.24, 2.45) is 0 Å². The van der Waals surface area contributed by atoms with Gasteiger partial charge in [-0.15, -0.1) is 0 Å². The van der Waals surface area contributed by atoms with Crippen LogP contribution in [0.5, 0.6) is 0 Å². The third-order valence-electron chi connectivity index (χ3n) is 4.48. The van der Waals surface area contributed by atoms with Crippen molar-refractivity contribution in [1.29, 1.82) is 0 Å². The highest BCUT2D eigenvalue weighted by Gasteiger charge is 2.17. The molecule has 25 heavy (non-hydrogen) atoms. The van der Waals surface area contributed by atoms with Gasteiger partial charge in [0, 0.05) is 12.6 Å². The maximum Gasteiger partial charge on any atom is 0.271 e. The van der Waals surface area contributed by atoms with Crippen LogP contribution in [0, 0.1) is 5.82 Å². The molecule has 2 aromatic rings. The van der Waals surface area contributed by atoms with Gasteiger partial charge in [0.25, 0.3) is 5.91 Å². The second kappa shape index (κ2) is 8.55. The zero-order valence-corrected chi connectivity index (χ0v) is 14.2. The predicted octanol–water partition coefficient (Wildman–Crippen LogP) is 3.33. The van der Waals surface area contributed by atoms with E-state index in [9.17, 15) is 9.18 Å². The molecule has 1 aliphatic carbocycles. The molecule has 1 fully saturated rings. The van der Waals surface area contributed by atoms with E-state index in [0.717, 1.165) is 12.8 Å². The van der Waals surface area contributed by atoms with Gasteiger partial charge in [0.05, 0.1) is 12.4 Å². The Morgan fingerprint density at radius 3 is 2.64 bits per heavy atom. The van der Waals surface area contributed by atoms with Gasteiger partial charge in [-0.05, 0) is 30.9 Å². The zero-order chi connectivity index (χ0) is 17.5. The molecular weight excluding hydrogens is 319 g/mol. The van der Waals surface area contributed by atoms with E-state index in [-0.39, 0.29) is 17.8 Å². The van der Waals surface area contributed by atoms with E-state index in [1.54, 1.807) is 12.1 Å². The van der Waals surface area contributed by atoms with E-state index < -0.39 is 0 Å². The second-order valence-corrected chi connectivity index (χ2v) is 6.36. The minimum Gasteiger partial charge on any atom is -0.368 e. The Labute approximate surface area is 147 Å². The Hall–Kier alpha value is -2.50. The van der Waals surface area contributed by atoms with Crippen molar-refractivity contribution in [2.45, 2.75) is 44.6 Å². The Kier molecular flexibility index (Phi) is 5.93. The monoisotopic (exact) mass is 342 g/mol. The summed E-state index contributed by atoms with van der Waals surface area (Å²) in [5, 5.41) is 6.12. The van der Waals surface area contributed by atoms with Gasteiger partial charge in [0.2, 0.25) is 0 Å². The number of hydrogen-bond donors (Lipinski definition) is 2. The number of benzene rings is 1. The minimum atomic E-state index is -0.204. The van der Waals surface area contributed by atoms with Gasteiger partial charge >= 0.3 is 0 Å². The van der Waals surface area contributed by atoms with Crippen LogP contribution in [0.4, 0.5) is 10.2 Å². The summed E-state index contributed by atoms with van der Waals surface area (Å²) in [5.41, 5.74) is 0.983. The average molecular weight is 342 g/mol. The number of rotatable bonds is 6. The summed E-state index contributed by atoms with van der Waals surface area (Å²) < 4.78 is 13.5. The van der Waals surface area contributed by atoms with Crippen LogP contribution >= 0.6 is 0 Å². The molecule has 0 saturated heterocycles. The summed E-state index contributed by atoms with van der Waals surface area (Å²) in [6.07, 6.45) is 9.23. The van der Waals surface area contributed by atoms with E-state index in [1.807, 2.05) is 6.07 Å². The third-order valence-corrected chi connectivity index (χ3v) is 4.48. The summed E-state index contributed by atoms with van der Waals surface area (Å²) in [6.45, 7) is 0.545. The van der Waals surface area contributed by atoms with Crippen LogP contribution in [0.25, 0.3) is 0 Å². The molecule has 1 saturated carbocycles. The van der Waals surface area contributed by atoms with E-state index in [4.69, 9.17) is 0 Å². The molecule has 1 heterocycles.